The van der Waals surface area contributed by atoms with Crippen molar-refractivity contribution in [1.29, 1.82) is 0 Å². The number of ether oxygens (including phenoxy) is 1. The summed E-state index contributed by atoms with van der Waals surface area (Å²) in [6.07, 6.45) is 6.26. The Morgan fingerprint density at radius 1 is 1.03 bits per heavy atom. The molecule has 1 fully saturated rings. The Morgan fingerprint density at radius 2 is 1.68 bits per heavy atom. The molecular weight excluding hydrogens is 488 g/mol. The second-order valence-corrected chi connectivity index (χ2v) is 11.3. The number of hydrogen-bond donors (Lipinski definition) is 0. The zero-order valence-corrected chi connectivity index (χ0v) is 24.1. The average molecular weight is 532 g/mol. The lowest BCUT2D eigenvalue weighted by molar-refractivity contribution is 0.162. The molecule has 0 aliphatic carbocycles. The zero-order valence-electron chi connectivity index (χ0n) is 23.3. The van der Waals surface area contributed by atoms with Gasteiger partial charge in [0.1, 0.15) is 5.75 Å². The van der Waals surface area contributed by atoms with Gasteiger partial charge in [-0.15, -0.1) is 0 Å². The van der Waals surface area contributed by atoms with Crippen molar-refractivity contribution in [2.45, 2.75) is 71.3 Å². The molecule has 0 amide bonds. The number of aliphatic imine (C=N–C) groups is 1. The molecule has 0 spiro atoms. The van der Waals surface area contributed by atoms with Crippen molar-refractivity contribution in [2.24, 2.45) is 4.99 Å². The van der Waals surface area contributed by atoms with Crippen LogP contribution in [0.1, 0.15) is 76.3 Å². The van der Waals surface area contributed by atoms with Gasteiger partial charge in [-0.2, -0.15) is 0 Å². The number of amidine groups is 1. The molecule has 1 aliphatic heterocycles. The zero-order chi connectivity index (χ0) is 26.9. The predicted octanol–water partition coefficient (Wildman–Crippen LogP) is 7.82. The van der Waals surface area contributed by atoms with Gasteiger partial charge in [-0.1, -0.05) is 57.7 Å². The lowest BCUT2D eigenvalue weighted by Gasteiger charge is -2.38. The highest BCUT2D eigenvalue weighted by atomic mass is 32.2. The summed E-state index contributed by atoms with van der Waals surface area (Å²) in [7, 11) is 2.19. The van der Waals surface area contributed by atoms with Crippen molar-refractivity contribution in [3.63, 3.8) is 0 Å². The van der Waals surface area contributed by atoms with E-state index in [2.05, 4.69) is 69.0 Å². The summed E-state index contributed by atoms with van der Waals surface area (Å²) in [5, 5.41) is 1.09. The van der Waals surface area contributed by atoms with Crippen molar-refractivity contribution in [2.75, 3.05) is 39.5 Å². The summed E-state index contributed by atoms with van der Waals surface area (Å²) in [6.45, 7) is 12.6. The minimum absolute atomic E-state index is 0.380. The molecule has 4 nitrogen and oxygen atoms in total. The van der Waals surface area contributed by atoms with Crippen molar-refractivity contribution in [1.82, 2.24) is 9.80 Å². The van der Waals surface area contributed by atoms with Crippen molar-refractivity contribution in [3.05, 3.63) is 59.2 Å². The predicted molar refractivity (Wildman–Crippen MR) is 154 cm³/mol. The van der Waals surface area contributed by atoms with Crippen molar-refractivity contribution in [3.8, 4) is 5.75 Å². The first-order valence-electron chi connectivity index (χ1n) is 13.5. The quantitative estimate of drug-likeness (QED) is 0.177. The molecule has 3 rings (SSSR count). The molecule has 2 aromatic rings. The maximum absolute atomic E-state index is 13.3. The van der Waals surface area contributed by atoms with E-state index in [0.29, 0.717) is 30.2 Å². The molecule has 1 saturated heterocycles. The van der Waals surface area contributed by atoms with Gasteiger partial charge in [-0.25, -0.2) is 13.8 Å². The molecule has 204 valence electrons. The molecule has 0 atom stereocenters. The van der Waals surface area contributed by atoms with E-state index in [1.165, 1.54) is 17.2 Å². The molecule has 0 unspecified atom stereocenters. The Kier molecular flexibility index (Phi) is 11.3. The Morgan fingerprint density at radius 3 is 2.24 bits per heavy atom. The SMILES string of the molecule is CSC(=Nc1c(C(C)C)cccc1C(C)C)N(C)C1CCN(CCCCOc2ccc(F)c(F)c2)CC1. The molecule has 0 radical (unpaired) electrons. The topological polar surface area (TPSA) is 28.1 Å². The van der Waals surface area contributed by atoms with Crippen LogP contribution in [-0.4, -0.2) is 60.6 Å². The summed E-state index contributed by atoms with van der Waals surface area (Å²) >= 11 is 1.73. The molecule has 2 aromatic carbocycles. The third kappa shape index (κ3) is 8.18. The highest BCUT2D eigenvalue weighted by Gasteiger charge is 2.25. The smallest absolute Gasteiger partial charge is 0.164 e. The molecule has 1 aliphatic rings. The average Bonchev–Trinajstić information content (AvgIpc) is 2.88. The van der Waals surface area contributed by atoms with Gasteiger partial charge >= 0.3 is 0 Å². The van der Waals surface area contributed by atoms with E-state index < -0.39 is 11.6 Å². The molecule has 0 aromatic heterocycles. The van der Waals surface area contributed by atoms with Gasteiger partial charge in [0.2, 0.25) is 0 Å². The number of hydrogen-bond acceptors (Lipinski definition) is 4. The van der Waals surface area contributed by atoms with E-state index in [-0.39, 0.29) is 0 Å². The normalized spacial score (nSPS) is 15.6. The molecule has 0 saturated carbocycles. The van der Waals surface area contributed by atoms with E-state index in [1.807, 2.05) is 0 Å². The number of likely N-dealkylation sites (tertiary alicyclic amines) is 1. The number of nitrogens with zero attached hydrogens (tertiary/aromatic N) is 3. The van der Waals surface area contributed by atoms with E-state index in [1.54, 1.807) is 11.8 Å². The number of halogens is 2. The number of rotatable bonds is 10. The fraction of sp³-hybridized carbons (Fsp3) is 0.567. The van der Waals surface area contributed by atoms with E-state index in [9.17, 15) is 8.78 Å². The van der Waals surface area contributed by atoms with E-state index >= 15 is 0 Å². The Balaban J connectivity index is 1.50. The number of unbranched alkanes of at least 4 members (excludes halogenated alkanes) is 1. The largest absolute Gasteiger partial charge is 0.493 e. The van der Waals surface area contributed by atoms with Gasteiger partial charge < -0.3 is 14.5 Å². The lowest BCUT2D eigenvalue weighted by Crippen LogP contribution is -2.45. The Labute approximate surface area is 226 Å². The minimum Gasteiger partial charge on any atom is -0.493 e. The number of thioether (sulfide) groups is 1. The molecule has 1 heterocycles. The van der Waals surface area contributed by atoms with Crippen LogP contribution in [0, 0.1) is 11.6 Å². The van der Waals surface area contributed by atoms with Gasteiger partial charge in [0.05, 0.1) is 12.3 Å². The molecule has 37 heavy (non-hydrogen) atoms. The minimum atomic E-state index is -0.871. The monoisotopic (exact) mass is 531 g/mol. The number of benzene rings is 2. The van der Waals surface area contributed by atoms with E-state index in [0.717, 1.165) is 68.3 Å². The second-order valence-electron chi connectivity index (χ2n) is 10.5. The summed E-state index contributed by atoms with van der Waals surface area (Å²) < 4.78 is 31.9. The molecule has 7 heteroatoms. The highest BCUT2D eigenvalue weighted by molar-refractivity contribution is 8.13. The first-order chi connectivity index (χ1) is 17.7. The van der Waals surface area contributed by atoms with Crippen LogP contribution in [0.25, 0.3) is 0 Å². The van der Waals surface area contributed by atoms with Gasteiger partial charge in [-0.3, -0.25) is 0 Å². The first kappa shape index (κ1) is 29.4. The second kappa shape index (κ2) is 14.1. The van der Waals surface area contributed by atoms with Gasteiger partial charge in [0, 0.05) is 32.2 Å². The van der Waals surface area contributed by atoms with Crippen molar-refractivity contribution >= 4 is 22.6 Å². The summed E-state index contributed by atoms with van der Waals surface area (Å²) in [4.78, 5) is 10.2. The standard InChI is InChI=1S/C30H43F2N3OS/c1-21(2)25-10-9-11-26(22(3)4)29(25)33-30(37-6)34(5)23-14-17-35(18-15-23)16-7-8-19-36-24-12-13-27(31)28(32)20-24/h9-13,20-23H,7-8,14-19H2,1-6H3. The molecular formula is C30H43F2N3OS. The Hall–Kier alpha value is -2.12. The van der Waals surface area contributed by atoms with Crippen LogP contribution in [0.5, 0.6) is 5.75 Å². The third-order valence-electron chi connectivity index (χ3n) is 7.17. The maximum atomic E-state index is 13.3. The molecule has 0 N–H and O–H groups in total. The molecule has 0 bridgehead atoms. The number of piperidine rings is 1. The Bertz CT molecular complexity index is 1010. The van der Waals surface area contributed by atoms with Crippen LogP contribution in [0.3, 0.4) is 0 Å². The van der Waals surface area contributed by atoms with Gasteiger partial charge in [0.25, 0.3) is 0 Å². The van der Waals surface area contributed by atoms with Crippen LogP contribution in [0.2, 0.25) is 0 Å². The van der Waals surface area contributed by atoms with Gasteiger partial charge in [0.15, 0.2) is 16.8 Å². The summed E-state index contributed by atoms with van der Waals surface area (Å²) in [5.41, 5.74) is 3.77. The van der Waals surface area contributed by atoms with Gasteiger partial charge in [-0.05, 0) is 73.6 Å². The number of para-hydroxylation sites is 1. The lowest BCUT2D eigenvalue weighted by atomic mass is 9.93. The fourth-order valence-corrected chi connectivity index (χ4v) is 5.51. The van der Waals surface area contributed by atoms with Crippen molar-refractivity contribution < 1.29 is 13.5 Å². The van der Waals surface area contributed by atoms with Crippen LogP contribution >= 0.6 is 11.8 Å². The first-order valence-corrected chi connectivity index (χ1v) is 14.7. The summed E-state index contributed by atoms with van der Waals surface area (Å²) in [5.74, 6) is -0.485. The third-order valence-corrected chi connectivity index (χ3v) is 7.91. The summed E-state index contributed by atoms with van der Waals surface area (Å²) in [6, 6.07) is 10.8. The van der Waals surface area contributed by atoms with E-state index in [4.69, 9.17) is 9.73 Å². The van der Waals surface area contributed by atoms with Crippen LogP contribution in [0.4, 0.5) is 14.5 Å². The van der Waals surface area contributed by atoms with Crippen LogP contribution in [0.15, 0.2) is 41.4 Å². The fourth-order valence-electron chi connectivity index (χ4n) is 4.89. The highest BCUT2D eigenvalue weighted by Crippen LogP contribution is 2.36. The van der Waals surface area contributed by atoms with Crippen LogP contribution < -0.4 is 4.74 Å². The maximum Gasteiger partial charge on any atom is 0.164 e. The van der Waals surface area contributed by atoms with Crippen LogP contribution in [-0.2, 0) is 0 Å².